The van der Waals surface area contributed by atoms with Gasteiger partial charge in [0, 0.05) is 12.1 Å². The zero-order valence-electron chi connectivity index (χ0n) is 12.0. The normalized spacial score (nSPS) is 16.0. The van der Waals surface area contributed by atoms with Gasteiger partial charge in [-0.25, -0.2) is 0 Å². The van der Waals surface area contributed by atoms with Crippen LogP contribution in [0.1, 0.15) is 43.6 Å². The van der Waals surface area contributed by atoms with Crippen molar-refractivity contribution in [3.63, 3.8) is 0 Å². The highest BCUT2D eigenvalue weighted by atomic mass is 16.5. The Bertz CT molecular complexity index is 613. The van der Waals surface area contributed by atoms with Crippen LogP contribution in [-0.4, -0.2) is 27.2 Å². The topological polar surface area (TPSA) is 94.1 Å². The molecule has 0 radical (unpaired) electrons. The Balaban J connectivity index is 1.57. The van der Waals surface area contributed by atoms with Crippen LogP contribution in [0.25, 0.3) is 11.7 Å². The number of aryl methyl sites for hydroxylation is 1. The first-order chi connectivity index (χ1) is 10.2. The third-order valence-electron chi connectivity index (χ3n) is 3.60. The van der Waals surface area contributed by atoms with Crippen molar-refractivity contribution in [2.75, 3.05) is 0 Å². The van der Waals surface area contributed by atoms with Crippen molar-refractivity contribution in [1.29, 1.82) is 0 Å². The van der Waals surface area contributed by atoms with Gasteiger partial charge in [-0.05, 0) is 19.8 Å². The molecule has 21 heavy (non-hydrogen) atoms. The van der Waals surface area contributed by atoms with Gasteiger partial charge in [-0.1, -0.05) is 29.6 Å². The average Bonchev–Trinajstić information content (AvgIpc) is 3.09. The number of hydrogen-bond donors (Lipinski definition) is 1. The summed E-state index contributed by atoms with van der Waals surface area (Å²) in [5, 5.41) is 10.6. The van der Waals surface area contributed by atoms with Crippen molar-refractivity contribution in [3.05, 3.63) is 17.6 Å². The van der Waals surface area contributed by atoms with Gasteiger partial charge in [-0.3, -0.25) is 4.79 Å². The second-order valence-electron chi connectivity index (χ2n) is 5.43. The molecule has 1 aliphatic carbocycles. The molecule has 0 atom stereocenters. The first-order valence-corrected chi connectivity index (χ1v) is 7.26. The average molecular weight is 290 g/mol. The van der Waals surface area contributed by atoms with E-state index < -0.39 is 0 Å². The Morgan fingerprint density at radius 2 is 2.10 bits per heavy atom. The van der Waals surface area contributed by atoms with Gasteiger partial charge in [-0.2, -0.15) is 4.98 Å². The molecule has 2 aromatic rings. The molecule has 1 aliphatic rings. The van der Waals surface area contributed by atoms with E-state index in [1.807, 2.05) is 6.92 Å². The number of hydrogen-bond acceptors (Lipinski definition) is 6. The summed E-state index contributed by atoms with van der Waals surface area (Å²) >= 11 is 0. The Kier molecular flexibility index (Phi) is 3.98. The van der Waals surface area contributed by atoms with E-state index in [1.54, 1.807) is 6.07 Å². The fraction of sp³-hybridized carbons (Fsp3) is 0.571. The van der Waals surface area contributed by atoms with Crippen LogP contribution < -0.4 is 5.32 Å². The minimum Gasteiger partial charge on any atom is -0.353 e. The summed E-state index contributed by atoms with van der Waals surface area (Å²) in [6.45, 7) is 1.81. The van der Waals surface area contributed by atoms with E-state index in [9.17, 15) is 4.79 Å². The highest BCUT2D eigenvalue weighted by Crippen LogP contribution is 2.19. The minimum atomic E-state index is -0.0667. The molecule has 3 rings (SSSR count). The summed E-state index contributed by atoms with van der Waals surface area (Å²) in [7, 11) is 0. The van der Waals surface area contributed by atoms with Crippen LogP contribution in [0.15, 0.2) is 15.1 Å². The number of nitrogens with zero attached hydrogens (tertiary/aromatic N) is 3. The molecule has 2 heterocycles. The van der Waals surface area contributed by atoms with E-state index in [0.29, 0.717) is 11.6 Å². The summed E-state index contributed by atoms with van der Waals surface area (Å²) in [4.78, 5) is 16.1. The smallest absolute Gasteiger partial charge is 0.296 e. The van der Waals surface area contributed by atoms with Gasteiger partial charge in [0.15, 0.2) is 5.82 Å². The van der Waals surface area contributed by atoms with Crippen LogP contribution in [0.5, 0.6) is 0 Å². The molecule has 1 saturated carbocycles. The van der Waals surface area contributed by atoms with E-state index >= 15 is 0 Å². The standard InChI is InChI=1S/C14H18N4O3/c1-9-7-11(20-17-9)14-16-12(18-21-14)8-13(19)15-10-5-3-2-4-6-10/h7,10H,2-6,8H2,1H3,(H,15,19). The molecule has 0 spiro atoms. The zero-order chi connectivity index (χ0) is 14.7. The van der Waals surface area contributed by atoms with Crippen LogP contribution in [0.3, 0.4) is 0 Å². The molecule has 7 heteroatoms. The molecule has 112 valence electrons. The molecular weight excluding hydrogens is 272 g/mol. The van der Waals surface area contributed by atoms with Crippen LogP contribution in [-0.2, 0) is 11.2 Å². The lowest BCUT2D eigenvalue weighted by Gasteiger charge is -2.22. The summed E-state index contributed by atoms with van der Waals surface area (Å²) in [6, 6.07) is 1.99. The molecule has 2 aromatic heterocycles. The van der Waals surface area contributed by atoms with Crippen LogP contribution in [0.2, 0.25) is 0 Å². The summed E-state index contributed by atoms with van der Waals surface area (Å²) < 4.78 is 10.1. The van der Waals surface area contributed by atoms with Crippen molar-refractivity contribution in [3.8, 4) is 11.7 Å². The molecule has 0 aromatic carbocycles. The van der Waals surface area contributed by atoms with Crippen LogP contribution in [0, 0.1) is 6.92 Å². The number of aromatic nitrogens is 3. The van der Waals surface area contributed by atoms with Crippen molar-refractivity contribution in [2.24, 2.45) is 0 Å². The Hall–Kier alpha value is -2.18. The predicted molar refractivity (Wildman–Crippen MR) is 73.3 cm³/mol. The minimum absolute atomic E-state index is 0.0667. The van der Waals surface area contributed by atoms with E-state index in [2.05, 4.69) is 20.6 Å². The third kappa shape index (κ3) is 3.48. The van der Waals surface area contributed by atoms with Crippen molar-refractivity contribution >= 4 is 5.91 Å². The van der Waals surface area contributed by atoms with E-state index in [4.69, 9.17) is 9.05 Å². The molecule has 1 amide bonds. The highest BCUT2D eigenvalue weighted by molar-refractivity contribution is 5.78. The summed E-state index contributed by atoms with van der Waals surface area (Å²) in [5.74, 6) is 0.949. The molecule has 0 bridgehead atoms. The lowest BCUT2D eigenvalue weighted by atomic mass is 9.95. The quantitative estimate of drug-likeness (QED) is 0.925. The Morgan fingerprint density at radius 3 is 2.81 bits per heavy atom. The zero-order valence-corrected chi connectivity index (χ0v) is 12.0. The van der Waals surface area contributed by atoms with Crippen molar-refractivity contribution in [2.45, 2.75) is 51.5 Å². The summed E-state index contributed by atoms with van der Waals surface area (Å²) in [6.07, 6.45) is 5.86. The van der Waals surface area contributed by atoms with Crippen LogP contribution in [0.4, 0.5) is 0 Å². The monoisotopic (exact) mass is 290 g/mol. The first-order valence-electron chi connectivity index (χ1n) is 7.26. The molecular formula is C14H18N4O3. The Labute approximate surface area is 122 Å². The molecule has 7 nitrogen and oxygen atoms in total. The fourth-order valence-corrected chi connectivity index (χ4v) is 2.56. The molecule has 0 saturated heterocycles. The first kappa shape index (κ1) is 13.8. The number of carbonyl (C=O) groups is 1. The number of carbonyl (C=O) groups excluding carboxylic acids is 1. The lowest BCUT2D eigenvalue weighted by Crippen LogP contribution is -2.37. The van der Waals surface area contributed by atoms with E-state index in [-0.39, 0.29) is 24.3 Å². The highest BCUT2D eigenvalue weighted by Gasteiger charge is 2.19. The predicted octanol–water partition coefficient (Wildman–Crippen LogP) is 2.02. The molecule has 1 fully saturated rings. The van der Waals surface area contributed by atoms with Gasteiger partial charge in [0.2, 0.25) is 11.7 Å². The maximum Gasteiger partial charge on any atom is 0.296 e. The van der Waals surface area contributed by atoms with E-state index in [0.717, 1.165) is 18.5 Å². The third-order valence-corrected chi connectivity index (χ3v) is 3.60. The molecule has 0 aliphatic heterocycles. The van der Waals surface area contributed by atoms with Gasteiger partial charge in [0.25, 0.3) is 5.89 Å². The maximum absolute atomic E-state index is 12.0. The van der Waals surface area contributed by atoms with E-state index in [1.165, 1.54) is 19.3 Å². The molecule has 0 unspecified atom stereocenters. The van der Waals surface area contributed by atoms with Gasteiger partial charge >= 0.3 is 0 Å². The number of rotatable bonds is 4. The van der Waals surface area contributed by atoms with Crippen LogP contribution >= 0.6 is 0 Å². The lowest BCUT2D eigenvalue weighted by molar-refractivity contribution is -0.121. The second kappa shape index (κ2) is 6.07. The Morgan fingerprint density at radius 1 is 1.29 bits per heavy atom. The van der Waals surface area contributed by atoms with Crippen molar-refractivity contribution < 1.29 is 13.8 Å². The second-order valence-corrected chi connectivity index (χ2v) is 5.43. The summed E-state index contributed by atoms with van der Waals surface area (Å²) in [5.41, 5.74) is 0.736. The van der Waals surface area contributed by atoms with Crippen molar-refractivity contribution in [1.82, 2.24) is 20.6 Å². The van der Waals surface area contributed by atoms with Gasteiger partial charge in [0.1, 0.15) is 0 Å². The van der Waals surface area contributed by atoms with Gasteiger partial charge in [0.05, 0.1) is 12.1 Å². The fourth-order valence-electron chi connectivity index (χ4n) is 2.56. The van der Waals surface area contributed by atoms with Gasteiger partial charge in [-0.15, -0.1) is 0 Å². The molecule has 1 N–H and O–H groups in total. The number of nitrogens with one attached hydrogen (secondary N) is 1. The number of amides is 1. The largest absolute Gasteiger partial charge is 0.353 e. The SMILES string of the molecule is Cc1cc(-c2nc(CC(=O)NC3CCCCC3)no2)on1. The maximum atomic E-state index is 12.0. The van der Waals surface area contributed by atoms with Gasteiger partial charge < -0.3 is 14.4 Å².